The Bertz CT molecular complexity index is 641. The summed E-state index contributed by atoms with van der Waals surface area (Å²) in [7, 11) is 1.61. The first-order valence-corrected chi connectivity index (χ1v) is 8.90. The Morgan fingerprint density at radius 1 is 1.27 bits per heavy atom. The molecule has 0 saturated heterocycles. The third-order valence-corrected chi connectivity index (χ3v) is 3.92. The van der Waals surface area contributed by atoms with Crippen LogP contribution in [0.3, 0.4) is 0 Å². The van der Waals surface area contributed by atoms with Gasteiger partial charge in [0.05, 0.1) is 18.9 Å². The molecular formula is C19H27N3O4. The zero-order chi connectivity index (χ0) is 18.9. The monoisotopic (exact) mass is 361 g/mol. The Morgan fingerprint density at radius 3 is 2.65 bits per heavy atom. The van der Waals surface area contributed by atoms with E-state index >= 15 is 0 Å². The number of amides is 2. The summed E-state index contributed by atoms with van der Waals surface area (Å²) in [6, 6.07) is 7.51. The minimum absolute atomic E-state index is 0.0659. The molecule has 0 bridgehead atoms. The number of benzene rings is 1. The highest BCUT2D eigenvalue weighted by atomic mass is 16.5. The lowest BCUT2D eigenvalue weighted by Crippen LogP contribution is -2.40. The van der Waals surface area contributed by atoms with Gasteiger partial charge in [-0.15, -0.1) is 0 Å². The summed E-state index contributed by atoms with van der Waals surface area (Å²) in [6.45, 7) is 4.99. The second-order valence-electron chi connectivity index (χ2n) is 6.35. The van der Waals surface area contributed by atoms with Crippen molar-refractivity contribution < 1.29 is 19.1 Å². The van der Waals surface area contributed by atoms with E-state index in [2.05, 4.69) is 10.4 Å². The number of carbonyl (C=O) groups is 2. The molecule has 0 aliphatic carbocycles. The number of rotatable bonds is 9. The maximum absolute atomic E-state index is 12.1. The van der Waals surface area contributed by atoms with Gasteiger partial charge >= 0.3 is 0 Å². The molecule has 2 rings (SSSR count). The van der Waals surface area contributed by atoms with Gasteiger partial charge in [0.15, 0.2) is 0 Å². The van der Waals surface area contributed by atoms with Crippen molar-refractivity contribution in [3.63, 3.8) is 0 Å². The molecule has 142 valence electrons. The molecule has 1 aromatic rings. The third kappa shape index (κ3) is 6.15. The first kappa shape index (κ1) is 19.9. The van der Waals surface area contributed by atoms with Crippen LogP contribution < -0.4 is 10.1 Å². The molecule has 26 heavy (non-hydrogen) atoms. The highest BCUT2D eigenvalue weighted by Gasteiger charge is 2.23. The molecule has 0 fully saturated rings. The van der Waals surface area contributed by atoms with E-state index in [0.29, 0.717) is 26.0 Å². The van der Waals surface area contributed by atoms with Crippen LogP contribution >= 0.6 is 0 Å². The fourth-order valence-corrected chi connectivity index (χ4v) is 2.53. The van der Waals surface area contributed by atoms with E-state index in [-0.39, 0.29) is 24.5 Å². The maximum Gasteiger partial charge on any atom is 0.243 e. The lowest BCUT2D eigenvalue weighted by atomic mass is 10.0. The second-order valence-corrected chi connectivity index (χ2v) is 6.35. The Hall–Kier alpha value is -2.41. The van der Waals surface area contributed by atoms with Gasteiger partial charge in [0.25, 0.3) is 0 Å². The molecule has 0 radical (unpaired) electrons. The summed E-state index contributed by atoms with van der Waals surface area (Å²) in [5.74, 6) is 0.405. The van der Waals surface area contributed by atoms with Gasteiger partial charge in [-0.25, -0.2) is 5.01 Å². The lowest BCUT2D eigenvalue weighted by molar-refractivity contribution is -0.136. The molecule has 7 heteroatoms. The zero-order valence-corrected chi connectivity index (χ0v) is 15.7. The molecule has 1 aliphatic heterocycles. The number of hydrazone groups is 1. The number of carbonyl (C=O) groups excluding carboxylic acids is 2. The smallest absolute Gasteiger partial charge is 0.243 e. The van der Waals surface area contributed by atoms with Gasteiger partial charge in [0, 0.05) is 26.0 Å². The minimum Gasteiger partial charge on any atom is -0.497 e. The highest BCUT2D eigenvalue weighted by Crippen LogP contribution is 2.18. The van der Waals surface area contributed by atoms with Crippen molar-refractivity contribution in [2.45, 2.75) is 39.2 Å². The summed E-state index contributed by atoms with van der Waals surface area (Å²) in [4.78, 5) is 24.1. The van der Waals surface area contributed by atoms with Crippen LogP contribution in [0.1, 0.15) is 38.7 Å². The summed E-state index contributed by atoms with van der Waals surface area (Å²) < 4.78 is 10.6. The molecule has 1 aromatic carbocycles. The highest BCUT2D eigenvalue weighted by molar-refractivity contribution is 6.04. The molecule has 1 N–H and O–H groups in total. The lowest BCUT2D eigenvalue weighted by Gasteiger charge is -2.23. The van der Waals surface area contributed by atoms with E-state index in [9.17, 15) is 9.59 Å². The first-order chi connectivity index (χ1) is 12.5. The van der Waals surface area contributed by atoms with E-state index in [0.717, 1.165) is 23.4 Å². The molecule has 1 aliphatic rings. The Labute approximate surface area is 154 Å². The van der Waals surface area contributed by atoms with Crippen LogP contribution in [0.5, 0.6) is 5.75 Å². The van der Waals surface area contributed by atoms with Crippen LogP contribution in [0.2, 0.25) is 0 Å². The number of hydrogen-bond acceptors (Lipinski definition) is 5. The van der Waals surface area contributed by atoms with Gasteiger partial charge in [-0.2, -0.15) is 5.10 Å². The van der Waals surface area contributed by atoms with E-state index in [1.165, 1.54) is 5.01 Å². The topological polar surface area (TPSA) is 80.2 Å². The largest absolute Gasteiger partial charge is 0.497 e. The Kier molecular flexibility index (Phi) is 7.59. The summed E-state index contributed by atoms with van der Waals surface area (Å²) in [5.41, 5.74) is 1.72. The summed E-state index contributed by atoms with van der Waals surface area (Å²) in [5, 5.41) is 8.42. The van der Waals surface area contributed by atoms with Crippen molar-refractivity contribution in [3.05, 3.63) is 29.8 Å². The molecule has 1 heterocycles. The van der Waals surface area contributed by atoms with Crippen LogP contribution in [0.4, 0.5) is 0 Å². The summed E-state index contributed by atoms with van der Waals surface area (Å²) in [6.07, 6.45) is 1.83. The minimum atomic E-state index is -0.220. The second kappa shape index (κ2) is 9.91. The molecule has 0 saturated carbocycles. The van der Waals surface area contributed by atoms with E-state index in [1.54, 1.807) is 7.11 Å². The van der Waals surface area contributed by atoms with Crippen molar-refractivity contribution in [2.75, 3.05) is 26.8 Å². The van der Waals surface area contributed by atoms with Crippen molar-refractivity contribution >= 4 is 17.5 Å². The number of hydrogen-bond donors (Lipinski definition) is 1. The summed E-state index contributed by atoms with van der Waals surface area (Å²) >= 11 is 0. The number of methoxy groups -OCH3 is 1. The van der Waals surface area contributed by atoms with Crippen molar-refractivity contribution in [3.8, 4) is 5.75 Å². The van der Waals surface area contributed by atoms with E-state index < -0.39 is 0 Å². The number of nitrogens with one attached hydrogen (secondary N) is 1. The van der Waals surface area contributed by atoms with Crippen molar-refractivity contribution in [1.29, 1.82) is 0 Å². The van der Waals surface area contributed by atoms with Gasteiger partial charge in [0.2, 0.25) is 11.8 Å². The predicted octanol–water partition coefficient (Wildman–Crippen LogP) is 1.95. The van der Waals surface area contributed by atoms with Gasteiger partial charge in [0.1, 0.15) is 12.3 Å². The quantitative estimate of drug-likeness (QED) is 0.682. The predicted molar refractivity (Wildman–Crippen MR) is 99.2 cm³/mol. The molecule has 0 spiro atoms. The maximum atomic E-state index is 12.1. The number of nitrogens with zero attached hydrogens (tertiary/aromatic N) is 2. The molecular weight excluding hydrogens is 334 g/mol. The Balaban J connectivity index is 1.88. The zero-order valence-electron chi connectivity index (χ0n) is 15.7. The van der Waals surface area contributed by atoms with Gasteiger partial charge in [-0.05, 0) is 50.1 Å². The van der Waals surface area contributed by atoms with Crippen LogP contribution in [0.15, 0.2) is 29.4 Å². The normalized spacial score (nSPS) is 14.4. The average molecular weight is 361 g/mol. The molecule has 0 aromatic heterocycles. The molecule has 2 amide bonds. The van der Waals surface area contributed by atoms with Crippen LogP contribution in [-0.4, -0.2) is 55.4 Å². The molecule has 0 atom stereocenters. The van der Waals surface area contributed by atoms with Crippen LogP contribution in [-0.2, 0) is 14.3 Å². The van der Waals surface area contributed by atoms with Gasteiger partial charge in [-0.1, -0.05) is 0 Å². The average Bonchev–Trinajstić information content (AvgIpc) is 2.63. The standard InChI is InChI=1S/C19H27N3O4/c1-14(2)26-12-4-11-20-18(23)13-22-19(24)10-9-17(21-22)15-5-7-16(25-3)8-6-15/h5-8,14H,4,9-13H2,1-3H3,(H,20,23). The van der Waals surface area contributed by atoms with Crippen LogP contribution in [0, 0.1) is 0 Å². The van der Waals surface area contributed by atoms with E-state index in [4.69, 9.17) is 9.47 Å². The third-order valence-electron chi connectivity index (χ3n) is 3.92. The van der Waals surface area contributed by atoms with Crippen molar-refractivity contribution in [2.24, 2.45) is 5.10 Å². The van der Waals surface area contributed by atoms with Gasteiger partial charge < -0.3 is 14.8 Å². The Morgan fingerprint density at radius 2 is 2.00 bits per heavy atom. The first-order valence-electron chi connectivity index (χ1n) is 8.90. The fourth-order valence-electron chi connectivity index (χ4n) is 2.53. The SMILES string of the molecule is COc1ccc(C2=NN(CC(=O)NCCCOC(C)C)C(=O)CC2)cc1. The van der Waals surface area contributed by atoms with Crippen LogP contribution in [0.25, 0.3) is 0 Å². The fraction of sp³-hybridized carbons (Fsp3) is 0.526. The van der Waals surface area contributed by atoms with Crippen molar-refractivity contribution in [1.82, 2.24) is 10.3 Å². The number of ether oxygens (including phenoxy) is 2. The van der Waals surface area contributed by atoms with Gasteiger partial charge in [-0.3, -0.25) is 9.59 Å². The molecule has 7 nitrogen and oxygen atoms in total. The van der Waals surface area contributed by atoms with E-state index in [1.807, 2.05) is 38.1 Å². The molecule has 0 unspecified atom stereocenters.